The number of rotatable bonds is 3. The van der Waals surface area contributed by atoms with Crippen molar-refractivity contribution in [3.05, 3.63) is 88.4 Å². The number of hydrogen-bond acceptors (Lipinski definition) is 3. The van der Waals surface area contributed by atoms with Gasteiger partial charge in [0.15, 0.2) is 0 Å². The lowest BCUT2D eigenvalue weighted by Crippen LogP contribution is -2.47. The topological polar surface area (TPSA) is 38.1 Å². The first-order valence-electron chi connectivity index (χ1n) is 9.78. The van der Waals surface area contributed by atoms with Crippen LogP contribution in [0.3, 0.4) is 0 Å². The SMILES string of the molecule is O=c1ccc(-c2cccnc2)c2n1C[C@H]1C[C@H]2CN(Cc2ccc(F)cc2)C1. The van der Waals surface area contributed by atoms with E-state index < -0.39 is 0 Å². The van der Waals surface area contributed by atoms with Crippen LogP contribution in [0.15, 0.2) is 65.7 Å². The zero-order chi connectivity index (χ0) is 19.1. The van der Waals surface area contributed by atoms with Crippen LogP contribution < -0.4 is 5.56 Å². The van der Waals surface area contributed by atoms with Gasteiger partial charge in [-0.3, -0.25) is 14.7 Å². The summed E-state index contributed by atoms with van der Waals surface area (Å²) in [5.41, 5.74) is 4.52. The van der Waals surface area contributed by atoms with Crippen molar-refractivity contribution < 1.29 is 4.39 Å². The fraction of sp³-hybridized carbons (Fsp3) is 0.304. The molecule has 2 aromatic heterocycles. The molecule has 1 aromatic carbocycles. The Bertz CT molecular complexity index is 1050. The van der Waals surface area contributed by atoms with Gasteiger partial charge in [0, 0.05) is 67.4 Å². The zero-order valence-corrected chi connectivity index (χ0v) is 15.6. The van der Waals surface area contributed by atoms with Crippen molar-refractivity contribution >= 4 is 0 Å². The van der Waals surface area contributed by atoms with Crippen molar-refractivity contribution in [2.24, 2.45) is 5.92 Å². The third-order valence-electron chi connectivity index (χ3n) is 5.96. The Morgan fingerprint density at radius 1 is 1.04 bits per heavy atom. The quantitative estimate of drug-likeness (QED) is 0.701. The normalized spacial score (nSPS) is 21.3. The van der Waals surface area contributed by atoms with Crippen molar-refractivity contribution in [2.75, 3.05) is 13.1 Å². The number of fused-ring (bicyclic) bond motifs is 4. The third-order valence-corrected chi connectivity index (χ3v) is 5.96. The lowest BCUT2D eigenvalue weighted by atomic mass is 9.80. The summed E-state index contributed by atoms with van der Waals surface area (Å²) in [5, 5.41) is 0. The van der Waals surface area contributed by atoms with E-state index in [1.54, 1.807) is 12.3 Å². The minimum absolute atomic E-state index is 0.0873. The Balaban J connectivity index is 1.49. The molecule has 2 bridgehead atoms. The van der Waals surface area contributed by atoms with Gasteiger partial charge in [-0.25, -0.2) is 4.39 Å². The van der Waals surface area contributed by atoms with Crippen molar-refractivity contribution in [2.45, 2.75) is 25.4 Å². The Kier molecular flexibility index (Phi) is 4.32. The van der Waals surface area contributed by atoms with Gasteiger partial charge in [-0.15, -0.1) is 0 Å². The number of benzene rings is 1. The standard InChI is InChI=1S/C23H22FN3O/c24-20-5-3-16(4-6-20)12-26-13-17-10-19(15-26)23-21(18-2-1-9-25-11-18)7-8-22(28)27(23)14-17/h1-9,11,17,19H,10,12-15H2/t17-,19-/m0/s1. The number of likely N-dealkylation sites (tertiary alicyclic amines) is 1. The molecule has 5 heteroatoms. The molecule has 2 aliphatic heterocycles. The first kappa shape index (κ1) is 17.3. The molecule has 0 aliphatic carbocycles. The van der Waals surface area contributed by atoms with Gasteiger partial charge in [0.05, 0.1) is 0 Å². The summed E-state index contributed by atoms with van der Waals surface area (Å²) in [6.45, 7) is 3.45. The van der Waals surface area contributed by atoms with Crippen LogP contribution in [0.5, 0.6) is 0 Å². The van der Waals surface area contributed by atoms with Crippen molar-refractivity contribution in [3.8, 4) is 11.1 Å². The molecule has 0 spiro atoms. The van der Waals surface area contributed by atoms with Gasteiger partial charge >= 0.3 is 0 Å². The van der Waals surface area contributed by atoms with E-state index >= 15 is 0 Å². The molecule has 3 aromatic rings. The molecule has 28 heavy (non-hydrogen) atoms. The molecular weight excluding hydrogens is 353 g/mol. The molecule has 0 saturated carbocycles. The van der Waals surface area contributed by atoms with E-state index in [2.05, 4.69) is 16.0 Å². The Morgan fingerprint density at radius 2 is 1.89 bits per heavy atom. The van der Waals surface area contributed by atoms with E-state index in [9.17, 15) is 9.18 Å². The number of nitrogens with zero attached hydrogens (tertiary/aromatic N) is 3. The molecule has 2 aliphatic rings. The van der Waals surface area contributed by atoms with E-state index in [0.717, 1.165) is 55.0 Å². The van der Waals surface area contributed by atoms with Gasteiger partial charge in [-0.05, 0) is 42.2 Å². The summed E-state index contributed by atoms with van der Waals surface area (Å²) in [7, 11) is 0. The minimum Gasteiger partial charge on any atom is -0.311 e. The summed E-state index contributed by atoms with van der Waals surface area (Å²) in [5.74, 6) is 0.583. The van der Waals surface area contributed by atoms with Crippen LogP contribution in [-0.4, -0.2) is 27.5 Å². The van der Waals surface area contributed by atoms with Gasteiger partial charge in [-0.1, -0.05) is 18.2 Å². The highest BCUT2D eigenvalue weighted by Gasteiger charge is 2.36. The minimum atomic E-state index is -0.200. The number of halogens is 1. The van der Waals surface area contributed by atoms with E-state index in [4.69, 9.17) is 0 Å². The predicted molar refractivity (Wildman–Crippen MR) is 106 cm³/mol. The van der Waals surface area contributed by atoms with Crippen molar-refractivity contribution in [1.29, 1.82) is 0 Å². The molecular formula is C23H22FN3O. The van der Waals surface area contributed by atoms with Gasteiger partial charge in [0.25, 0.3) is 5.56 Å². The molecule has 4 heterocycles. The van der Waals surface area contributed by atoms with E-state index in [-0.39, 0.29) is 11.4 Å². The zero-order valence-electron chi connectivity index (χ0n) is 15.6. The van der Waals surface area contributed by atoms with E-state index in [1.165, 1.54) is 12.1 Å². The average Bonchev–Trinajstić information content (AvgIpc) is 2.71. The lowest BCUT2D eigenvalue weighted by Gasteiger charge is -2.43. The smallest absolute Gasteiger partial charge is 0.250 e. The summed E-state index contributed by atoms with van der Waals surface area (Å²) < 4.78 is 15.2. The van der Waals surface area contributed by atoms with Crippen LogP contribution >= 0.6 is 0 Å². The number of hydrogen-bond donors (Lipinski definition) is 0. The second kappa shape index (κ2) is 6.99. The Hall–Kier alpha value is -2.79. The molecule has 0 unspecified atom stereocenters. The van der Waals surface area contributed by atoms with Gasteiger partial charge < -0.3 is 4.57 Å². The van der Waals surface area contributed by atoms with E-state index in [0.29, 0.717) is 11.8 Å². The molecule has 1 saturated heterocycles. The second-order valence-corrected chi connectivity index (χ2v) is 7.94. The highest BCUT2D eigenvalue weighted by Crippen LogP contribution is 2.40. The van der Waals surface area contributed by atoms with Crippen LogP contribution in [0.25, 0.3) is 11.1 Å². The first-order chi connectivity index (χ1) is 13.7. The predicted octanol–water partition coefficient (Wildman–Crippen LogP) is 3.67. The molecule has 0 N–H and O–H groups in total. The van der Waals surface area contributed by atoms with Crippen LogP contribution in [-0.2, 0) is 13.1 Å². The maximum absolute atomic E-state index is 13.2. The van der Waals surface area contributed by atoms with E-state index in [1.807, 2.05) is 35.0 Å². The fourth-order valence-electron chi connectivity index (χ4n) is 4.86. The first-order valence-corrected chi connectivity index (χ1v) is 9.78. The Labute approximate surface area is 163 Å². The average molecular weight is 375 g/mol. The van der Waals surface area contributed by atoms with Gasteiger partial charge in [0.2, 0.25) is 0 Å². The number of aromatic nitrogens is 2. The third kappa shape index (κ3) is 3.16. The summed E-state index contributed by atoms with van der Waals surface area (Å²) >= 11 is 0. The summed E-state index contributed by atoms with van der Waals surface area (Å²) in [6, 6.07) is 14.4. The van der Waals surface area contributed by atoms with Crippen LogP contribution in [0, 0.1) is 11.7 Å². The van der Waals surface area contributed by atoms with Crippen molar-refractivity contribution in [1.82, 2.24) is 14.5 Å². The van der Waals surface area contributed by atoms with Crippen LogP contribution in [0.2, 0.25) is 0 Å². The molecule has 2 atom stereocenters. The Morgan fingerprint density at radius 3 is 2.68 bits per heavy atom. The monoisotopic (exact) mass is 375 g/mol. The van der Waals surface area contributed by atoms with Gasteiger partial charge in [0.1, 0.15) is 5.82 Å². The number of pyridine rings is 2. The fourth-order valence-corrected chi connectivity index (χ4v) is 4.86. The maximum atomic E-state index is 13.2. The molecule has 1 fully saturated rings. The summed E-state index contributed by atoms with van der Waals surface area (Å²) in [4.78, 5) is 19.3. The summed E-state index contributed by atoms with van der Waals surface area (Å²) in [6.07, 6.45) is 4.74. The molecule has 0 amide bonds. The van der Waals surface area contributed by atoms with Gasteiger partial charge in [-0.2, -0.15) is 0 Å². The molecule has 4 nitrogen and oxygen atoms in total. The second-order valence-electron chi connectivity index (χ2n) is 7.94. The van der Waals surface area contributed by atoms with Crippen LogP contribution in [0.1, 0.15) is 23.6 Å². The maximum Gasteiger partial charge on any atom is 0.250 e. The lowest BCUT2D eigenvalue weighted by molar-refractivity contribution is 0.114. The molecule has 5 rings (SSSR count). The highest BCUT2D eigenvalue weighted by atomic mass is 19.1. The number of piperidine rings is 1. The molecule has 0 radical (unpaired) electrons. The van der Waals surface area contributed by atoms with Crippen molar-refractivity contribution in [3.63, 3.8) is 0 Å². The molecule has 142 valence electrons. The highest BCUT2D eigenvalue weighted by molar-refractivity contribution is 5.66. The largest absolute Gasteiger partial charge is 0.311 e. The van der Waals surface area contributed by atoms with Crippen LogP contribution in [0.4, 0.5) is 4.39 Å².